The lowest BCUT2D eigenvalue weighted by Crippen LogP contribution is -2.36. The highest BCUT2D eigenvalue weighted by atomic mass is 16.3. The average molecular weight is 201 g/mol. The molecule has 0 heterocycles. The quantitative estimate of drug-likeness (QED) is 0.632. The number of rotatable bonds is 8. The van der Waals surface area contributed by atoms with E-state index in [0.29, 0.717) is 0 Å². The lowest BCUT2D eigenvalue weighted by molar-refractivity contribution is 0.134. The van der Waals surface area contributed by atoms with Gasteiger partial charge in [-0.1, -0.05) is 34.1 Å². The molecule has 0 saturated carbocycles. The molecule has 0 aliphatic heterocycles. The zero-order valence-corrected chi connectivity index (χ0v) is 10.3. The number of aliphatic hydroxyl groups excluding tert-OH is 1. The van der Waals surface area contributed by atoms with Crippen LogP contribution < -0.4 is 5.32 Å². The molecule has 0 rings (SSSR count). The molecule has 2 unspecified atom stereocenters. The Morgan fingerprint density at radius 1 is 1.36 bits per heavy atom. The molecule has 0 aromatic heterocycles. The molecule has 2 heteroatoms. The Labute approximate surface area is 89.1 Å². The van der Waals surface area contributed by atoms with Crippen molar-refractivity contribution in [3.05, 3.63) is 0 Å². The maximum Gasteiger partial charge on any atom is 0.0496 e. The van der Waals surface area contributed by atoms with Gasteiger partial charge in [-0.2, -0.15) is 0 Å². The second-order valence-electron chi connectivity index (χ2n) is 4.85. The second-order valence-corrected chi connectivity index (χ2v) is 4.85. The lowest BCUT2D eigenvalue weighted by Gasteiger charge is -2.26. The van der Waals surface area contributed by atoms with Gasteiger partial charge in [0.1, 0.15) is 0 Å². The summed E-state index contributed by atoms with van der Waals surface area (Å²) < 4.78 is 0. The maximum atomic E-state index is 9.21. The molecule has 0 amide bonds. The van der Waals surface area contributed by atoms with Gasteiger partial charge in [0.2, 0.25) is 0 Å². The minimum Gasteiger partial charge on any atom is -0.396 e. The predicted octanol–water partition coefficient (Wildman–Crippen LogP) is 2.42. The minimum atomic E-state index is 0.0614. The van der Waals surface area contributed by atoms with Crippen LogP contribution in [-0.2, 0) is 0 Å². The molecule has 0 aliphatic carbocycles. The molecule has 0 saturated heterocycles. The van der Waals surface area contributed by atoms with Crippen molar-refractivity contribution in [3.8, 4) is 0 Å². The third-order valence-electron chi connectivity index (χ3n) is 3.06. The Hall–Kier alpha value is -0.0800. The Bertz CT molecular complexity index is 132. The van der Waals surface area contributed by atoms with Crippen molar-refractivity contribution in [2.45, 2.75) is 47.0 Å². The second kappa shape index (κ2) is 7.24. The predicted molar refractivity (Wildman–Crippen MR) is 62.4 cm³/mol. The summed E-state index contributed by atoms with van der Waals surface area (Å²) in [4.78, 5) is 0. The molecule has 2 nitrogen and oxygen atoms in total. The third-order valence-corrected chi connectivity index (χ3v) is 3.06. The van der Waals surface area contributed by atoms with Crippen LogP contribution in [-0.4, -0.2) is 24.8 Å². The molecule has 0 radical (unpaired) electrons. The van der Waals surface area contributed by atoms with E-state index in [-0.39, 0.29) is 12.0 Å². The van der Waals surface area contributed by atoms with E-state index < -0.39 is 0 Å². The first-order chi connectivity index (χ1) is 6.58. The zero-order valence-electron chi connectivity index (χ0n) is 10.3. The van der Waals surface area contributed by atoms with Crippen LogP contribution >= 0.6 is 0 Å². The zero-order chi connectivity index (χ0) is 11.0. The molecule has 0 aromatic rings. The summed E-state index contributed by atoms with van der Waals surface area (Å²) in [6.45, 7) is 11.0. The van der Waals surface area contributed by atoms with Crippen LogP contribution in [0.25, 0.3) is 0 Å². The molecule has 0 bridgehead atoms. The number of aliphatic hydroxyl groups is 1. The van der Waals surface area contributed by atoms with Gasteiger partial charge in [0, 0.05) is 18.6 Å². The smallest absolute Gasteiger partial charge is 0.0496 e. The molecule has 0 aliphatic rings. The fraction of sp³-hybridized carbons (Fsp3) is 1.00. The molecule has 2 atom stereocenters. The highest BCUT2D eigenvalue weighted by molar-refractivity contribution is 4.74. The molecular formula is C12H27NO. The van der Waals surface area contributed by atoms with Crippen LogP contribution in [0.2, 0.25) is 0 Å². The van der Waals surface area contributed by atoms with Gasteiger partial charge in [-0.15, -0.1) is 0 Å². The van der Waals surface area contributed by atoms with Crippen molar-refractivity contribution in [2.24, 2.45) is 11.3 Å². The summed E-state index contributed by atoms with van der Waals surface area (Å²) in [5.41, 5.74) is 0.0614. The normalized spacial score (nSPS) is 17.8. The van der Waals surface area contributed by atoms with E-state index in [9.17, 15) is 5.11 Å². The van der Waals surface area contributed by atoms with Gasteiger partial charge < -0.3 is 10.4 Å². The highest BCUT2D eigenvalue weighted by Crippen LogP contribution is 2.18. The number of hydrogen-bond donors (Lipinski definition) is 2. The molecule has 14 heavy (non-hydrogen) atoms. The fourth-order valence-electron chi connectivity index (χ4n) is 1.51. The maximum absolute atomic E-state index is 9.21. The van der Waals surface area contributed by atoms with Crippen LogP contribution in [0.1, 0.15) is 47.0 Å². The molecule has 0 aromatic carbocycles. The lowest BCUT2D eigenvalue weighted by atomic mass is 9.88. The van der Waals surface area contributed by atoms with Gasteiger partial charge in [-0.05, 0) is 25.3 Å². The van der Waals surface area contributed by atoms with Gasteiger partial charge in [-0.25, -0.2) is 0 Å². The van der Waals surface area contributed by atoms with E-state index >= 15 is 0 Å². The summed E-state index contributed by atoms with van der Waals surface area (Å²) in [6.07, 6.45) is 3.57. The van der Waals surface area contributed by atoms with Crippen LogP contribution in [0, 0.1) is 11.3 Å². The number of nitrogens with one attached hydrogen (secondary N) is 1. The standard InChI is InChI=1S/C12H27NO/c1-5-7-11(3)8-13-9-12(4,6-2)10-14/h11,13-14H,5-10H2,1-4H3. The minimum absolute atomic E-state index is 0.0614. The van der Waals surface area contributed by atoms with E-state index in [1.807, 2.05) is 0 Å². The van der Waals surface area contributed by atoms with E-state index in [4.69, 9.17) is 0 Å². The first-order valence-electron chi connectivity index (χ1n) is 5.89. The van der Waals surface area contributed by atoms with Crippen molar-refractivity contribution in [1.82, 2.24) is 5.32 Å². The Morgan fingerprint density at radius 3 is 2.43 bits per heavy atom. The molecule has 0 fully saturated rings. The Morgan fingerprint density at radius 2 is 2.00 bits per heavy atom. The molecule has 0 spiro atoms. The van der Waals surface area contributed by atoms with Crippen molar-refractivity contribution in [1.29, 1.82) is 0 Å². The van der Waals surface area contributed by atoms with Gasteiger partial charge in [0.15, 0.2) is 0 Å². The average Bonchev–Trinajstić information content (AvgIpc) is 2.18. The van der Waals surface area contributed by atoms with Crippen molar-refractivity contribution < 1.29 is 5.11 Å². The summed E-state index contributed by atoms with van der Waals surface area (Å²) >= 11 is 0. The summed E-state index contributed by atoms with van der Waals surface area (Å²) in [5, 5.41) is 12.7. The van der Waals surface area contributed by atoms with Crippen LogP contribution in [0.4, 0.5) is 0 Å². The monoisotopic (exact) mass is 201 g/mol. The van der Waals surface area contributed by atoms with Crippen LogP contribution in [0.15, 0.2) is 0 Å². The molecule has 2 N–H and O–H groups in total. The van der Waals surface area contributed by atoms with Crippen LogP contribution in [0.5, 0.6) is 0 Å². The third kappa shape index (κ3) is 5.61. The van der Waals surface area contributed by atoms with E-state index in [1.165, 1.54) is 12.8 Å². The largest absolute Gasteiger partial charge is 0.396 e. The first kappa shape index (κ1) is 13.9. The van der Waals surface area contributed by atoms with Gasteiger partial charge >= 0.3 is 0 Å². The number of hydrogen-bond acceptors (Lipinski definition) is 2. The summed E-state index contributed by atoms with van der Waals surface area (Å²) in [6, 6.07) is 0. The Balaban J connectivity index is 3.61. The van der Waals surface area contributed by atoms with E-state index in [1.54, 1.807) is 0 Å². The van der Waals surface area contributed by atoms with Crippen molar-refractivity contribution >= 4 is 0 Å². The van der Waals surface area contributed by atoms with Gasteiger partial charge in [0.25, 0.3) is 0 Å². The highest BCUT2D eigenvalue weighted by Gasteiger charge is 2.20. The van der Waals surface area contributed by atoms with Crippen LogP contribution in [0.3, 0.4) is 0 Å². The summed E-state index contributed by atoms with van der Waals surface area (Å²) in [5.74, 6) is 0.750. The Kier molecular flexibility index (Phi) is 7.20. The first-order valence-corrected chi connectivity index (χ1v) is 5.89. The molecule has 86 valence electrons. The van der Waals surface area contributed by atoms with E-state index in [2.05, 4.69) is 33.0 Å². The topological polar surface area (TPSA) is 32.3 Å². The van der Waals surface area contributed by atoms with Crippen molar-refractivity contribution in [2.75, 3.05) is 19.7 Å². The summed E-state index contributed by atoms with van der Waals surface area (Å²) in [7, 11) is 0. The van der Waals surface area contributed by atoms with Gasteiger partial charge in [-0.3, -0.25) is 0 Å². The van der Waals surface area contributed by atoms with Gasteiger partial charge in [0.05, 0.1) is 0 Å². The SMILES string of the molecule is CCCC(C)CNCC(C)(CC)CO. The fourth-order valence-corrected chi connectivity index (χ4v) is 1.51. The van der Waals surface area contributed by atoms with E-state index in [0.717, 1.165) is 25.4 Å². The van der Waals surface area contributed by atoms with Crippen molar-refractivity contribution in [3.63, 3.8) is 0 Å². The molecular weight excluding hydrogens is 174 g/mol.